The highest BCUT2D eigenvalue weighted by Gasteiger charge is 2.23. The summed E-state index contributed by atoms with van der Waals surface area (Å²) in [5, 5.41) is 6.98. The molecule has 1 aliphatic heterocycles. The Labute approximate surface area is 227 Å². The van der Waals surface area contributed by atoms with Gasteiger partial charge in [-0.25, -0.2) is 4.79 Å². The van der Waals surface area contributed by atoms with E-state index in [-0.39, 0.29) is 36.7 Å². The molecule has 0 saturated carbocycles. The maximum absolute atomic E-state index is 13.7. The Morgan fingerprint density at radius 3 is 2.42 bits per heavy atom. The van der Waals surface area contributed by atoms with Crippen molar-refractivity contribution in [2.75, 3.05) is 12.1 Å². The average Bonchev–Trinajstić information content (AvgIpc) is 3.63. The van der Waals surface area contributed by atoms with Gasteiger partial charge < -0.3 is 19.3 Å². The molecule has 6 rings (SSSR count). The molecule has 11 nitrogen and oxygen atoms in total. The number of ether oxygens (including phenoxy) is 2. The van der Waals surface area contributed by atoms with Gasteiger partial charge in [-0.15, -0.1) is 0 Å². The standard InChI is InChI=1S/C29H25N5O6/c1-17(2)18-8-10-20(11-9-18)30-25(35)14-33-22-13-24-23(38-16-39-24)12-21(22)28(36)34(29(33)37)15-26-31-27(32-40-26)19-6-4-3-5-7-19/h3-13,17H,14-16H2,1-2H3,(H,30,35). The Balaban J connectivity index is 1.37. The first-order chi connectivity index (χ1) is 19.4. The first kappa shape index (κ1) is 25.1. The van der Waals surface area contributed by atoms with E-state index in [1.165, 1.54) is 16.7 Å². The van der Waals surface area contributed by atoms with E-state index in [4.69, 9.17) is 14.0 Å². The molecule has 1 amide bonds. The number of rotatable bonds is 7. The van der Waals surface area contributed by atoms with Gasteiger partial charge in [0, 0.05) is 17.3 Å². The van der Waals surface area contributed by atoms with Crippen LogP contribution in [0.2, 0.25) is 0 Å². The number of fused-ring (bicyclic) bond motifs is 2. The number of nitrogens with zero attached hydrogens (tertiary/aromatic N) is 4. The summed E-state index contributed by atoms with van der Waals surface area (Å²) in [6.07, 6.45) is 0. The van der Waals surface area contributed by atoms with E-state index >= 15 is 0 Å². The highest BCUT2D eigenvalue weighted by atomic mass is 16.7. The van der Waals surface area contributed by atoms with Crippen molar-refractivity contribution in [2.45, 2.75) is 32.9 Å². The van der Waals surface area contributed by atoms with Crippen molar-refractivity contribution in [3.8, 4) is 22.9 Å². The van der Waals surface area contributed by atoms with Crippen molar-refractivity contribution in [3.63, 3.8) is 0 Å². The summed E-state index contributed by atoms with van der Waals surface area (Å²) in [4.78, 5) is 44.6. The van der Waals surface area contributed by atoms with Gasteiger partial charge in [-0.05, 0) is 29.7 Å². The number of benzene rings is 3. The number of hydrogen-bond donors (Lipinski definition) is 1. The Bertz CT molecular complexity index is 1840. The Morgan fingerprint density at radius 1 is 0.975 bits per heavy atom. The van der Waals surface area contributed by atoms with Crippen molar-refractivity contribution < 1.29 is 18.8 Å². The van der Waals surface area contributed by atoms with Gasteiger partial charge in [0.15, 0.2) is 11.5 Å². The van der Waals surface area contributed by atoms with Gasteiger partial charge in [-0.2, -0.15) is 4.98 Å². The van der Waals surface area contributed by atoms with E-state index in [2.05, 4.69) is 29.3 Å². The van der Waals surface area contributed by atoms with Gasteiger partial charge in [0.05, 0.1) is 10.9 Å². The normalized spacial score (nSPS) is 12.3. The third-order valence-electron chi connectivity index (χ3n) is 6.68. The Hall–Kier alpha value is -5.19. The topological polar surface area (TPSA) is 130 Å². The van der Waals surface area contributed by atoms with E-state index in [1.807, 2.05) is 54.6 Å². The second-order valence-electron chi connectivity index (χ2n) is 9.69. The number of carbonyl (C=O) groups excluding carboxylic acids is 1. The predicted molar refractivity (Wildman–Crippen MR) is 147 cm³/mol. The van der Waals surface area contributed by atoms with E-state index < -0.39 is 17.2 Å². The molecule has 0 radical (unpaired) electrons. The number of carbonyl (C=O) groups is 1. The summed E-state index contributed by atoms with van der Waals surface area (Å²) < 4.78 is 18.5. The summed E-state index contributed by atoms with van der Waals surface area (Å²) in [6.45, 7) is 3.53. The van der Waals surface area contributed by atoms with Gasteiger partial charge in [-0.1, -0.05) is 61.5 Å². The second kappa shape index (κ2) is 10.2. The summed E-state index contributed by atoms with van der Waals surface area (Å²) in [5.41, 5.74) is 1.42. The molecular weight excluding hydrogens is 514 g/mol. The molecule has 1 aliphatic rings. The van der Waals surface area contributed by atoms with Crippen LogP contribution in [0.5, 0.6) is 11.5 Å². The Kier molecular flexibility index (Phi) is 6.39. The molecule has 0 spiro atoms. The maximum Gasteiger partial charge on any atom is 0.332 e. The minimum atomic E-state index is -0.707. The number of anilines is 1. The maximum atomic E-state index is 13.7. The van der Waals surface area contributed by atoms with E-state index in [1.54, 1.807) is 0 Å². The van der Waals surface area contributed by atoms with Crippen LogP contribution < -0.4 is 26.0 Å². The zero-order chi connectivity index (χ0) is 27.8. The van der Waals surface area contributed by atoms with Crippen LogP contribution in [0.1, 0.15) is 31.2 Å². The van der Waals surface area contributed by atoms with Crippen LogP contribution in [-0.4, -0.2) is 32.0 Å². The molecule has 2 aromatic heterocycles. The molecule has 40 heavy (non-hydrogen) atoms. The fourth-order valence-corrected chi connectivity index (χ4v) is 4.55. The van der Waals surface area contributed by atoms with Crippen LogP contribution in [0.4, 0.5) is 5.69 Å². The number of nitrogens with one attached hydrogen (secondary N) is 1. The first-order valence-electron chi connectivity index (χ1n) is 12.7. The fourth-order valence-electron chi connectivity index (χ4n) is 4.55. The minimum Gasteiger partial charge on any atom is -0.454 e. The lowest BCUT2D eigenvalue weighted by Crippen LogP contribution is -2.42. The highest BCUT2D eigenvalue weighted by Crippen LogP contribution is 2.34. The molecule has 0 atom stereocenters. The van der Waals surface area contributed by atoms with E-state index in [0.717, 1.165) is 15.7 Å². The van der Waals surface area contributed by atoms with E-state index in [9.17, 15) is 14.4 Å². The van der Waals surface area contributed by atoms with Crippen LogP contribution in [0.25, 0.3) is 22.3 Å². The molecule has 0 saturated heterocycles. The lowest BCUT2D eigenvalue weighted by Gasteiger charge is -2.14. The SMILES string of the molecule is CC(C)c1ccc(NC(=O)Cn2c(=O)n(Cc3nc(-c4ccccc4)no3)c(=O)c3cc4c(cc32)OCO4)cc1. The molecule has 0 aliphatic carbocycles. The van der Waals surface area contributed by atoms with Crippen molar-refractivity contribution in [1.82, 2.24) is 19.3 Å². The lowest BCUT2D eigenvalue weighted by atomic mass is 10.0. The van der Waals surface area contributed by atoms with E-state index in [0.29, 0.717) is 28.9 Å². The molecule has 5 aromatic rings. The van der Waals surface area contributed by atoms with Crippen molar-refractivity contribution >= 4 is 22.5 Å². The van der Waals surface area contributed by atoms with Gasteiger partial charge >= 0.3 is 5.69 Å². The molecule has 3 aromatic carbocycles. The molecule has 0 fully saturated rings. The smallest absolute Gasteiger partial charge is 0.332 e. The molecule has 202 valence electrons. The fraction of sp³-hybridized carbons (Fsp3) is 0.207. The monoisotopic (exact) mass is 539 g/mol. The third-order valence-corrected chi connectivity index (χ3v) is 6.68. The van der Waals surface area contributed by atoms with Crippen molar-refractivity contribution in [1.29, 1.82) is 0 Å². The predicted octanol–water partition coefficient (Wildman–Crippen LogP) is 3.75. The van der Waals surface area contributed by atoms with Crippen LogP contribution in [-0.2, 0) is 17.9 Å². The zero-order valence-electron chi connectivity index (χ0n) is 21.8. The molecule has 0 bridgehead atoms. The summed E-state index contributed by atoms with van der Waals surface area (Å²) in [5.74, 6) is 1.07. The highest BCUT2D eigenvalue weighted by molar-refractivity contribution is 5.92. The minimum absolute atomic E-state index is 0.0127. The van der Waals surface area contributed by atoms with Gasteiger partial charge in [0.2, 0.25) is 24.4 Å². The lowest BCUT2D eigenvalue weighted by molar-refractivity contribution is -0.116. The molecule has 3 heterocycles. The zero-order valence-corrected chi connectivity index (χ0v) is 21.8. The summed E-state index contributed by atoms with van der Waals surface area (Å²) in [6, 6.07) is 19.7. The molecule has 1 N–H and O–H groups in total. The summed E-state index contributed by atoms with van der Waals surface area (Å²) in [7, 11) is 0. The number of aromatic nitrogens is 4. The van der Waals surface area contributed by atoms with Gasteiger partial charge in [0.25, 0.3) is 5.56 Å². The van der Waals surface area contributed by atoms with Gasteiger partial charge in [0.1, 0.15) is 13.1 Å². The molecular formula is C29H25N5O6. The first-order valence-corrected chi connectivity index (χ1v) is 12.7. The number of hydrogen-bond acceptors (Lipinski definition) is 8. The summed E-state index contributed by atoms with van der Waals surface area (Å²) >= 11 is 0. The number of amides is 1. The molecule has 0 unspecified atom stereocenters. The second-order valence-corrected chi connectivity index (χ2v) is 9.69. The van der Waals surface area contributed by atoms with Gasteiger partial charge in [-0.3, -0.25) is 18.7 Å². The van der Waals surface area contributed by atoms with Crippen LogP contribution in [0, 0.1) is 0 Å². The van der Waals surface area contributed by atoms with Crippen LogP contribution >= 0.6 is 0 Å². The molecule has 11 heteroatoms. The third kappa shape index (κ3) is 4.73. The quantitative estimate of drug-likeness (QED) is 0.331. The van der Waals surface area contributed by atoms with Crippen molar-refractivity contribution in [3.05, 3.63) is 99.0 Å². The van der Waals surface area contributed by atoms with Crippen molar-refractivity contribution in [2.24, 2.45) is 0 Å². The Morgan fingerprint density at radius 2 is 1.70 bits per heavy atom. The van der Waals surface area contributed by atoms with Crippen LogP contribution in [0.3, 0.4) is 0 Å². The average molecular weight is 540 g/mol. The largest absolute Gasteiger partial charge is 0.454 e. The van der Waals surface area contributed by atoms with Crippen LogP contribution in [0.15, 0.2) is 80.8 Å².